The molecule has 0 aromatic carbocycles. The van der Waals surface area contributed by atoms with Crippen LogP contribution >= 0.6 is 0 Å². The van der Waals surface area contributed by atoms with Crippen molar-refractivity contribution in [3.63, 3.8) is 0 Å². The molecule has 7 heteroatoms. The van der Waals surface area contributed by atoms with E-state index in [2.05, 4.69) is 9.47 Å². The van der Waals surface area contributed by atoms with Gasteiger partial charge in [-0.25, -0.2) is 0 Å². The summed E-state index contributed by atoms with van der Waals surface area (Å²) < 4.78 is 9.17. The lowest BCUT2D eigenvalue weighted by Crippen LogP contribution is -2.31. The van der Waals surface area contributed by atoms with Crippen molar-refractivity contribution in [1.29, 1.82) is 0 Å². The van der Waals surface area contributed by atoms with Crippen LogP contribution in [0.15, 0.2) is 0 Å². The van der Waals surface area contributed by atoms with Gasteiger partial charge in [0.15, 0.2) is 5.92 Å². The molecule has 2 unspecified atom stereocenters. The molecular formula is C11H18O7. The fraction of sp³-hybridized carbons (Fsp3) is 0.727. The standard InChI is InChI=1S/C11H18O7/c1-3-17-9(13)6-7(12)5-8(10(14)15)11(16)18-4-2/h7-8,12H,3-6H2,1-2H3,(H,14,15). The largest absolute Gasteiger partial charge is 0.481 e. The SMILES string of the molecule is CCOC(=O)CC(O)CC(C(=O)O)C(=O)OCC. The van der Waals surface area contributed by atoms with Crippen molar-refractivity contribution in [1.82, 2.24) is 0 Å². The van der Waals surface area contributed by atoms with Crippen molar-refractivity contribution in [2.45, 2.75) is 32.8 Å². The lowest BCUT2D eigenvalue weighted by Gasteiger charge is -2.15. The zero-order valence-electron chi connectivity index (χ0n) is 10.4. The molecule has 104 valence electrons. The van der Waals surface area contributed by atoms with Crippen molar-refractivity contribution in [2.75, 3.05) is 13.2 Å². The van der Waals surface area contributed by atoms with Crippen LogP contribution in [0.1, 0.15) is 26.7 Å². The highest BCUT2D eigenvalue weighted by Crippen LogP contribution is 2.12. The van der Waals surface area contributed by atoms with Gasteiger partial charge in [0.1, 0.15) is 0 Å². The first-order chi connectivity index (χ1) is 8.42. The number of hydrogen-bond donors (Lipinski definition) is 2. The Hall–Kier alpha value is -1.63. The van der Waals surface area contributed by atoms with Gasteiger partial charge in [-0.15, -0.1) is 0 Å². The van der Waals surface area contributed by atoms with Crippen LogP contribution in [0.3, 0.4) is 0 Å². The van der Waals surface area contributed by atoms with E-state index in [9.17, 15) is 19.5 Å². The molecule has 0 aliphatic rings. The molecule has 0 bridgehead atoms. The van der Waals surface area contributed by atoms with Crippen LogP contribution in [0.5, 0.6) is 0 Å². The van der Waals surface area contributed by atoms with Crippen LogP contribution < -0.4 is 0 Å². The van der Waals surface area contributed by atoms with Crippen molar-refractivity contribution in [3.05, 3.63) is 0 Å². The molecule has 0 aromatic rings. The molecule has 0 rings (SSSR count). The van der Waals surface area contributed by atoms with Gasteiger partial charge >= 0.3 is 17.9 Å². The maximum absolute atomic E-state index is 11.3. The van der Waals surface area contributed by atoms with E-state index >= 15 is 0 Å². The molecule has 0 heterocycles. The third kappa shape index (κ3) is 6.19. The summed E-state index contributed by atoms with van der Waals surface area (Å²) >= 11 is 0. The molecular weight excluding hydrogens is 244 g/mol. The normalized spacial score (nSPS) is 13.5. The maximum atomic E-state index is 11.3. The molecule has 0 spiro atoms. The van der Waals surface area contributed by atoms with Gasteiger partial charge in [-0.3, -0.25) is 14.4 Å². The number of carbonyl (C=O) groups is 3. The third-order valence-electron chi connectivity index (χ3n) is 2.08. The number of hydrogen-bond acceptors (Lipinski definition) is 6. The molecule has 2 N–H and O–H groups in total. The summed E-state index contributed by atoms with van der Waals surface area (Å²) in [6.07, 6.45) is -1.99. The second kappa shape index (κ2) is 8.46. The lowest BCUT2D eigenvalue weighted by molar-refractivity contribution is -0.161. The van der Waals surface area contributed by atoms with Crippen molar-refractivity contribution in [2.24, 2.45) is 5.92 Å². The first-order valence-electron chi connectivity index (χ1n) is 5.65. The summed E-state index contributed by atoms with van der Waals surface area (Å²) in [4.78, 5) is 33.2. The zero-order chi connectivity index (χ0) is 14.1. The molecule has 0 aliphatic carbocycles. The van der Waals surface area contributed by atoms with Gasteiger partial charge in [0.2, 0.25) is 0 Å². The average molecular weight is 262 g/mol. The molecule has 0 fully saturated rings. The van der Waals surface area contributed by atoms with E-state index < -0.39 is 29.9 Å². The topological polar surface area (TPSA) is 110 Å². The van der Waals surface area contributed by atoms with E-state index in [1.54, 1.807) is 13.8 Å². The van der Waals surface area contributed by atoms with Gasteiger partial charge in [-0.1, -0.05) is 0 Å². The molecule has 0 aromatic heterocycles. The molecule has 0 saturated heterocycles. The smallest absolute Gasteiger partial charge is 0.320 e. The quantitative estimate of drug-likeness (QED) is 0.466. The first-order valence-corrected chi connectivity index (χ1v) is 5.65. The summed E-state index contributed by atoms with van der Waals surface area (Å²) in [6.45, 7) is 3.39. The highest BCUT2D eigenvalue weighted by molar-refractivity contribution is 5.94. The van der Waals surface area contributed by atoms with Crippen molar-refractivity contribution < 1.29 is 34.1 Å². The number of carbonyl (C=O) groups excluding carboxylic acids is 2. The highest BCUT2D eigenvalue weighted by Gasteiger charge is 2.31. The van der Waals surface area contributed by atoms with Crippen molar-refractivity contribution in [3.8, 4) is 0 Å². The zero-order valence-corrected chi connectivity index (χ0v) is 10.4. The minimum atomic E-state index is -1.48. The summed E-state index contributed by atoms with van der Waals surface area (Å²) in [6, 6.07) is 0. The Kier molecular flexibility index (Phi) is 7.69. The second-order valence-electron chi connectivity index (χ2n) is 3.54. The van der Waals surface area contributed by atoms with Crippen LogP contribution in [-0.2, 0) is 23.9 Å². The number of aliphatic hydroxyl groups is 1. The van der Waals surface area contributed by atoms with E-state index in [0.29, 0.717) is 0 Å². The highest BCUT2D eigenvalue weighted by atomic mass is 16.5. The Labute approximate surface area is 105 Å². The number of ether oxygens (including phenoxy) is 2. The Bertz CT molecular complexity index is 300. The Morgan fingerprint density at radius 1 is 1.11 bits per heavy atom. The molecule has 0 amide bonds. The van der Waals surface area contributed by atoms with Crippen LogP contribution in [0.25, 0.3) is 0 Å². The predicted octanol–water partition coefficient (Wildman–Crippen LogP) is -0.0455. The summed E-state index contributed by atoms with van der Waals surface area (Å²) in [5.41, 5.74) is 0. The van der Waals surface area contributed by atoms with Gasteiger partial charge < -0.3 is 19.7 Å². The van der Waals surface area contributed by atoms with E-state index in [1.165, 1.54) is 0 Å². The second-order valence-corrected chi connectivity index (χ2v) is 3.54. The Morgan fingerprint density at radius 2 is 1.67 bits per heavy atom. The number of carboxylic acid groups (broad SMARTS) is 1. The van der Waals surface area contributed by atoms with E-state index in [4.69, 9.17) is 5.11 Å². The maximum Gasteiger partial charge on any atom is 0.320 e. The third-order valence-corrected chi connectivity index (χ3v) is 2.08. The lowest BCUT2D eigenvalue weighted by atomic mass is 10.00. The average Bonchev–Trinajstić information content (AvgIpc) is 2.25. The number of aliphatic carboxylic acids is 1. The molecule has 0 radical (unpaired) electrons. The minimum absolute atomic E-state index is 0.0522. The van der Waals surface area contributed by atoms with Gasteiger partial charge in [0.05, 0.1) is 25.7 Å². The van der Waals surface area contributed by atoms with E-state index in [0.717, 1.165) is 0 Å². The van der Waals surface area contributed by atoms with Crippen LogP contribution in [-0.4, -0.2) is 47.4 Å². The van der Waals surface area contributed by atoms with E-state index in [-0.39, 0.29) is 26.1 Å². The van der Waals surface area contributed by atoms with E-state index in [1.807, 2.05) is 0 Å². The monoisotopic (exact) mass is 262 g/mol. The fourth-order valence-corrected chi connectivity index (χ4v) is 1.31. The van der Waals surface area contributed by atoms with Gasteiger partial charge in [0, 0.05) is 0 Å². The molecule has 18 heavy (non-hydrogen) atoms. The van der Waals surface area contributed by atoms with Gasteiger partial charge in [-0.2, -0.15) is 0 Å². The van der Waals surface area contributed by atoms with Crippen LogP contribution in [0.4, 0.5) is 0 Å². The molecule has 2 atom stereocenters. The van der Waals surface area contributed by atoms with Gasteiger partial charge in [-0.05, 0) is 20.3 Å². The van der Waals surface area contributed by atoms with Crippen LogP contribution in [0, 0.1) is 5.92 Å². The predicted molar refractivity (Wildman–Crippen MR) is 59.6 cm³/mol. The summed E-state index contributed by atoms with van der Waals surface area (Å²) in [5.74, 6) is -4.43. The minimum Gasteiger partial charge on any atom is -0.481 e. The Morgan fingerprint density at radius 3 is 2.11 bits per heavy atom. The van der Waals surface area contributed by atoms with Crippen LogP contribution in [0.2, 0.25) is 0 Å². The number of aliphatic hydroxyl groups excluding tert-OH is 1. The molecule has 7 nitrogen and oxygen atoms in total. The molecule has 0 saturated carbocycles. The van der Waals surface area contributed by atoms with Crippen molar-refractivity contribution >= 4 is 17.9 Å². The number of carboxylic acids is 1. The summed E-state index contributed by atoms with van der Waals surface area (Å²) in [5, 5.41) is 18.3. The van der Waals surface area contributed by atoms with Gasteiger partial charge in [0.25, 0.3) is 0 Å². The Balaban J connectivity index is 4.36. The fourth-order valence-electron chi connectivity index (χ4n) is 1.31. The number of esters is 2. The summed E-state index contributed by atoms with van der Waals surface area (Å²) in [7, 11) is 0. The number of rotatable bonds is 8. The molecule has 0 aliphatic heterocycles. The first kappa shape index (κ1) is 16.4.